The fourth-order valence-electron chi connectivity index (χ4n) is 3.77. The summed E-state index contributed by atoms with van der Waals surface area (Å²) in [6, 6.07) is 9.73. The van der Waals surface area contributed by atoms with Crippen LogP contribution in [-0.2, 0) is 12.1 Å². The summed E-state index contributed by atoms with van der Waals surface area (Å²) in [5, 5.41) is 15.4. The molecule has 0 bridgehead atoms. The van der Waals surface area contributed by atoms with Crippen molar-refractivity contribution in [3.63, 3.8) is 0 Å². The van der Waals surface area contributed by atoms with Crippen molar-refractivity contribution in [2.45, 2.75) is 12.1 Å². The van der Waals surface area contributed by atoms with Gasteiger partial charge in [0.25, 0.3) is 0 Å². The van der Waals surface area contributed by atoms with Gasteiger partial charge in [0.05, 0.1) is 12.2 Å². The normalized spacial score (nSPS) is 16.0. The van der Waals surface area contributed by atoms with Crippen molar-refractivity contribution >= 4 is 34.0 Å². The van der Waals surface area contributed by atoms with Crippen molar-refractivity contribution in [1.29, 1.82) is 0 Å². The minimum absolute atomic E-state index is 0.0295. The Kier molecular flexibility index (Phi) is 7.20. The molecule has 0 amide bonds. The number of thiocarbonyl (C=S) groups is 1. The third-order valence-corrected chi connectivity index (χ3v) is 7.23. The maximum Gasteiger partial charge on any atom is 0.146 e. The monoisotopic (exact) mass is 493 g/mol. The van der Waals surface area contributed by atoms with E-state index >= 15 is 0 Å². The molecule has 1 aliphatic rings. The maximum absolute atomic E-state index is 14.6. The molecule has 2 aromatic carbocycles. The summed E-state index contributed by atoms with van der Waals surface area (Å²) in [5.74, 6) is -1.80. The van der Waals surface area contributed by atoms with Crippen molar-refractivity contribution in [2.75, 3.05) is 36.8 Å². The van der Waals surface area contributed by atoms with Crippen LogP contribution < -0.4 is 4.90 Å². The van der Waals surface area contributed by atoms with Gasteiger partial charge < -0.3 is 14.9 Å². The number of rotatable bonds is 6. The van der Waals surface area contributed by atoms with Crippen LogP contribution in [-0.4, -0.2) is 61.0 Å². The third kappa shape index (κ3) is 5.48. The second-order valence-corrected chi connectivity index (χ2v) is 9.34. The summed E-state index contributed by atoms with van der Waals surface area (Å²) in [6.45, 7) is 2.29. The van der Waals surface area contributed by atoms with Gasteiger partial charge in [-0.3, -0.25) is 0 Å². The van der Waals surface area contributed by atoms with Gasteiger partial charge in [-0.2, -0.15) is 5.10 Å². The van der Waals surface area contributed by atoms with Gasteiger partial charge in [-0.25, -0.2) is 22.8 Å². The van der Waals surface area contributed by atoms with Crippen LogP contribution in [0.4, 0.5) is 18.9 Å². The first-order valence-corrected chi connectivity index (χ1v) is 11.7. The highest BCUT2D eigenvalue weighted by atomic mass is 32.2. The molecule has 6 nitrogen and oxygen atoms in total. The highest BCUT2D eigenvalue weighted by molar-refractivity contribution is 8.22. The minimum Gasteiger partial charge on any atom is -0.382 e. The Morgan fingerprint density at radius 1 is 1.06 bits per heavy atom. The van der Waals surface area contributed by atoms with Crippen molar-refractivity contribution in [1.82, 2.24) is 19.7 Å². The lowest BCUT2D eigenvalue weighted by Crippen LogP contribution is -2.48. The van der Waals surface area contributed by atoms with Crippen LogP contribution in [0.3, 0.4) is 0 Å². The predicted octanol–water partition coefficient (Wildman–Crippen LogP) is 3.42. The smallest absolute Gasteiger partial charge is 0.146 e. The molecular formula is C22H22F3N5OS2. The highest BCUT2D eigenvalue weighted by Gasteiger charge is 2.35. The molecule has 1 aliphatic heterocycles. The molecule has 1 fully saturated rings. The standard InChI is InChI=1S/C22H22F3N5OS2/c23-16-5-6-17(19(25)11-16)22(31,12-30-15-26-14-27-30)13-33-21(32)29-9-7-28(8-10-29)20-4-2-1-3-18(20)24/h1-6,11,14-15,31H,7-10,12-13H2. The largest absolute Gasteiger partial charge is 0.382 e. The van der Waals surface area contributed by atoms with Gasteiger partial charge in [-0.1, -0.05) is 42.2 Å². The number of halogens is 3. The summed E-state index contributed by atoms with van der Waals surface area (Å²) < 4.78 is 44.0. The Bertz CT molecular complexity index is 1110. The summed E-state index contributed by atoms with van der Waals surface area (Å²) in [6.07, 6.45) is 2.73. The molecule has 0 spiro atoms. The van der Waals surface area contributed by atoms with Crippen LogP contribution >= 0.6 is 24.0 Å². The van der Waals surface area contributed by atoms with E-state index in [0.717, 1.165) is 12.1 Å². The lowest BCUT2D eigenvalue weighted by atomic mass is 9.95. The molecule has 33 heavy (non-hydrogen) atoms. The first-order chi connectivity index (χ1) is 15.9. The summed E-state index contributed by atoms with van der Waals surface area (Å²) in [7, 11) is 0. The number of piperazine rings is 1. The first-order valence-electron chi connectivity index (χ1n) is 10.3. The second kappa shape index (κ2) is 10.1. The van der Waals surface area contributed by atoms with Crippen LogP contribution in [0.5, 0.6) is 0 Å². The minimum atomic E-state index is -1.70. The Morgan fingerprint density at radius 3 is 2.48 bits per heavy atom. The SMILES string of the molecule is OC(CSC(=S)N1CCN(c2ccccc2F)CC1)(Cn1cncn1)c1ccc(F)cc1F. The number of hydrogen-bond donors (Lipinski definition) is 1. The number of anilines is 1. The van der Waals surface area contributed by atoms with E-state index in [4.69, 9.17) is 12.2 Å². The lowest BCUT2D eigenvalue weighted by Gasteiger charge is -2.38. The molecule has 1 aromatic heterocycles. The molecule has 11 heteroatoms. The number of hydrogen-bond acceptors (Lipinski definition) is 6. The van der Waals surface area contributed by atoms with Gasteiger partial charge in [0.1, 0.15) is 40.0 Å². The van der Waals surface area contributed by atoms with E-state index in [1.807, 2.05) is 9.80 Å². The Morgan fingerprint density at radius 2 is 1.82 bits per heavy atom. The van der Waals surface area contributed by atoms with Gasteiger partial charge in [0.2, 0.25) is 0 Å². The first kappa shape index (κ1) is 23.5. The number of aromatic nitrogens is 3. The molecule has 3 aromatic rings. The molecule has 0 saturated carbocycles. The van der Waals surface area contributed by atoms with Crippen LogP contribution in [0.25, 0.3) is 0 Å². The number of aliphatic hydroxyl groups is 1. The zero-order chi connectivity index (χ0) is 23.4. The fraction of sp³-hybridized carbons (Fsp3) is 0.318. The molecule has 0 aliphatic carbocycles. The lowest BCUT2D eigenvalue weighted by molar-refractivity contribution is 0.0362. The molecule has 1 saturated heterocycles. The second-order valence-electron chi connectivity index (χ2n) is 7.73. The van der Waals surface area contributed by atoms with E-state index < -0.39 is 17.2 Å². The van der Waals surface area contributed by atoms with Crippen molar-refractivity contribution in [3.05, 3.63) is 78.1 Å². The van der Waals surface area contributed by atoms with Gasteiger partial charge in [0, 0.05) is 43.6 Å². The average Bonchev–Trinajstić information content (AvgIpc) is 3.30. The van der Waals surface area contributed by atoms with Gasteiger partial charge in [-0.05, 0) is 18.2 Å². The Hall–Kier alpha value is -2.63. The van der Waals surface area contributed by atoms with Gasteiger partial charge >= 0.3 is 0 Å². The number of benzene rings is 2. The van der Waals surface area contributed by atoms with Crippen molar-refractivity contribution in [2.24, 2.45) is 0 Å². The molecule has 4 rings (SSSR count). The van der Waals surface area contributed by atoms with E-state index in [9.17, 15) is 18.3 Å². The van der Waals surface area contributed by atoms with Crippen LogP contribution in [0.2, 0.25) is 0 Å². The van der Waals surface area contributed by atoms with E-state index in [2.05, 4.69) is 10.1 Å². The fourth-order valence-corrected chi connectivity index (χ4v) is 5.10. The molecule has 174 valence electrons. The van der Waals surface area contributed by atoms with E-state index in [1.165, 1.54) is 41.2 Å². The number of nitrogens with zero attached hydrogens (tertiary/aromatic N) is 5. The molecule has 1 unspecified atom stereocenters. The van der Waals surface area contributed by atoms with E-state index in [0.29, 0.717) is 36.2 Å². The topological polar surface area (TPSA) is 57.4 Å². The number of thioether (sulfide) groups is 1. The summed E-state index contributed by atoms with van der Waals surface area (Å²) in [5.41, 5.74) is -1.18. The zero-order valence-electron chi connectivity index (χ0n) is 17.6. The molecule has 2 heterocycles. The quantitative estimate of drug-likeness (QED) is 0.528. The predicted molar refractivity (Wildman–Crippen MR) is 126 cm³/mol. The van der Waals surface area contributed by atoms with Gasteiger partial charge in [0.15, 0.2) is 0 Å². The molecule has 0 radical (unpaired) electrons. The molecule has 1 atom stereocenters. The summed E-state index contributed by atoms with van der Waals surface area (Å²) >= 11 is 6.78. The molecular weight excluding hydrogens is 471 g/mol. The van der Waals surface area contributed by atoms with Crippen molar-refractivity contribution in [3.8, 4) is 0 Å². The number of para-hydroxylation sites is 1. The van der Waals surface area contributed by atoms with Gasteiger partial charge in [-0.15, -0.1) is 0 Å². The zero-order valence-corrected chi connectivity index (χ0v) is 19.2. The third-order valence-electron chi connectivity index (χ3n) is 5.49. The Labute approximate surface area is 199 Å². The average molecular weight is 494 g/mol. The highest BCUT2D eigenvalue weighted by Crippen LogP contribution is 2.31. The van der Waals surface area contributed by atoms with E-state index in [1.54, 1.807) is 18.2 Å². The maximum atomic E-state index is 14.6. The molecule has 1 N–H and O–H groups in total. The van der Waals surface area contributed by atoms with Crippen molar-refractivity contribution < 1.29 is 18.3 Å². The van der Waals surface area contributed by atoms with Crippen LogP contribution in [0.1, 0.15) is 5.56 Å². The van der Waals surface area contributed by atoms with E-state index in [-0.39, 0.29) is 23.7 Å². The Balaban J connectivity index is 1.42. The van der Waals surface area contributed by atoms with Crippen LogP contribution in [0.15, 0.2) is 55.1 Å². The summed E-state index contributed by atoms with van der Waals surface area (Å²) in [4.78, 5) is 7.81. The van der Waals surface area contributed by atoms with Crippen LogP contribution in [0, 0.1) is 17.5 Å².